The summed E-state index contributed by atoms with van der Waals surface area (Å²) in [5.74, 6) is -0.345. The van der Waals surface area contributed by atoms with E-state index in [1.165, 1.54) is 0 Å². The number of nitrogens with zero attached hydrogens (tertiary/aromatic N) is 2. The molecule has 2 aromatic rings. The molecule has 2 rings (SSSR count). The molecule has 1 atom stereocenters. The molecular weight excluding hydrogens is 268 g/mol. The maximum Gasteiger partial charge on any atom is 0.271 e. The zero-order valence-corrected chi connectivity index (χ0v) is 11.8. The van der Waals surface area contributed by atoms with Crippen LogP contribution in [0, 0.1) is 0 Å². The second kappa shape index (κ2) is 6.69. The smallest absolute Gasteiger partial charge is 0.271 e. The summed E-state index contributed by atoms with van der Waals surface area (Å²) in [5, 5.41) is 16.2. The van der Waals surface area contributed by atoms with E-state index in [4.69, 9.17) is 10.9 Å². The van der Waals surface area contributed by atoms with Crippen molar-refractivity contribution in [2.45, 2.75) is 25.8 Å². The largest absolute Gasteiger partial charge is 0.409 e. The lowest BCUT2D eigenvalue weighted by atomic mass is 10.1. The van der Waals surface area contributed by atoms with E-state index >= 15 is 0 Å². The molecule has 6 nitrogen and oxygen atoms in total. The summed E-state index contributed by atoms with van der Waals surface area (Å²) in [5.41, 5.74) is 5.94. The maximum absolute atomic E-state index is 12.4. The Balaban J connectivity index is 2.29. The number of rotatable bonds is 5. The number of fused-ring (bicyclic) bond motifs is 1. The lowest BCUT2D eigenvalue weighted by molar-refractivity contribution is 0.0941. The van der Waals surface area contributed by atoms with Gasteiger partial charge in [0.1, 0.15) is 5.69 Å². The predicted molar refractivity (Wildman–Crippen MR) is 81.3 cm³/mol. The van der Waals surface area contributed by atoms with E-state index in [0.29, 0.717) is 12.1 Å². The molecule has 21 heavy (non-hydrogen) atoms. The molecule has 1 heterocycles. The summed E-state index contributed by atoms with van der Waals surface area (Å²) in [6.07, 6.45) is 2.98. The van der Waals surface area contributed by atoms with Crippen molar-refractivity contribution in [1.82, 2.24) is 10.3 Å². The summed E-state index contributed by atoms with van der Waals surface area (Å²) in [6, 6.07) is 8.86. The number of nitrogens with one attached hydrogen (secondary N) is 1. The number of amidine groups is 1. The highest BCUT2D eigenvalue weighted by molar-refractivity contribution is 6.06. The second-order valence-corrected chi connectivity index (χ2v) is 4.72. The van der Waals surface area contributed by atoms with Gasteiger partial charge in [0.2, 0.25) is 0 Å². The van der Waals surface area contributed by atoms with Crippen LogP contribution in [0.3, 0.4) is 0 Å². The molecular formula is C15H18N4O2. The van der Waals surface area contributed by atoms with Crippen LogP contribution in [0.1, 0.15) is 30.3 Å². The summed E-state index contributed by atoms with van der Waals surface area (Å²) < 4.78 is 0. The van der Waals surface area contributed by atoms with Crippen molar-refractivity contribution >= 4 is 22.5 Å². The molecule has 1 amide bonds. The Morgan fingerprint density at radius 2 is 2.19 bits per heavy atom. The predicted octanol–water partition coefficient (Wildman–Crippen LogP) is 1.88. The Hall–Kier alpha value is -2.63. The topological polar surface area (TPSA) is 101 Å². The van der Waals surface area contributed by atoms with Crippen molar-refractivity contribution in [3.05, 3.63) is 42.2 Å². The minimum atomic E-state index is -0.506. The normalized spacial score (nSPS) is 13.1. The van der Waals surface area contributed by atoms with Gasteiger partial charge < -0.3 is 16.3 Å². The van der Waals surface area contributed by atoms with Crippen LogP contribution in [0.2, 0.25) is 0 Å². The van der Waals surface area contributed by atoms with E-state index in [2.05, 4.69) is 15.5 Å². The van der Waals surface area contributed by atoms with E-state index in [0.717, 1.165) is 17.2 Å². The Kier molecular flexibility index (Phi) is 4.71. The monoisotopic (exact) mass is 286 g/mol. The van der Waals surface area contributed by atoms with Crippen LogP contribution < -0.4 is 11.1 Å². The number of nitrogens with two attached hydrogens (primary N) is 1. The number of amides is 1. The van der Waals surface area contributed by atoms with Crippen molar-refractivity contribution in [2.75, 3.05) is 0 Å². The highest BCUT2D eigenvalue weighted by Crippen LogP contribution is 2.16. The van der Waals surface area contributed by atoms with Crippen LogP contribution in [0.25, 0.3) is 10.8 Å². The van der Waals surface area contributed by atoms with Crippen LogP contribution in [0.15, 0.2) is 41.7 Å². The molecule has 0 fully saturated rings. The molecule has 0 saturated carbocycles. The summed E-state index contributed by atoms with van der Waals surface area (Å²) in [6.45, 7) is 1.96. The highest BCUT2D eigenvalue weighted by atomic mass is 16.4. The SMILES string of the molecule is CCCC(NC(=O)c1nccc2ccccc12)C(N)=NO. The van der Waals surface area contributed by atoms with Crippen molar-refractivity contribution < 1.29 is 10.0 Å². The first-order valence-corrected chi connectivity index (χ1v) is 6.79. The van der Waals surface area contributed by atoms with Gasteiger partial charge in [0, 0.05) is 11.6 Å². The quantitative estimate of drug-likeness (QED) is 0.338. The molecule has 0 aliphatic carbocycles. The maximum atomic E-state index is 12.4. The van der Waals surface area contributed by atoms with Gasteiger partial charge in [-0.1, -0.05) is 42.8 Å². The standard InChI is InChI=1S/C15H18N4O2/c1-2-5-12(14(16)19-21)18-15(20)13-11-7-4-3-6-10(11)8-9-17-13/h3-4,6-9,12,21H,2,5H2,1H3,(H2,16,19)(H,18,20). The van der Waals surface area contributed by atoms with Gasteiger partial charge in [0.25, 0.3) is 5.91 Å². The summed E-state index contributed by atoms with van der Waals surface area (Å²) in [4.78, 5) is 16.5. The van der Waals surface area contributed by atoms with Crippen LogP contribution >= 0.6 is 0 Å². The molecule has 1 unspecified atom stereocenters. The third kappa shape index (κ3) is 3.28. The van der Waals surface area contributed by atoms with E-state index in [1.807, 2.05) is 37.3 Å². The van der Waals surface area contributed by atoms with Crippen LogP contribution in [-0.2, 0) is 0 Å². The van der Waals surface area contributed by atoms with Crippen molar-refractivity contribution in [3.8, 4) is 0 Å². The number of pyridine rings is 1. The molecule has 110 valence electrons. The number of hydrogen-bond donors (Lipinski definition) is 3. The minimum absolute atomic E-state index is 0.00885. The summed E-state index contributed by atoms with van der Waals surface area (Å²) in [7, 11) is 0. The molecule has 0 aliphatic heterocycles. The molecule has 0 saturated heterocycles. The third-order valence-electron chi connectivity index (χ3n) is 3.24. The Labute approximate surface area is 122 Å². The lowest BCUT2D eigenvalue weighted by Crippen LogP contribution is -2.44. The zero-order valence-electron chi connectivity index (χ0n) is 11.8. The van der Waals surface area contributed by atoms with Crippen LogP contribution in [0.5, 0.6) is 0 Å². The highest BCUT2D eigenvalue weighted by Gasteiger charge is 2.19. The number of carbonyl (C=O) groups is 1. The second-order valence-electron chi connectivity index (χ2n) is 4.72. The molecule has 0 bridgehead atoms. The molecule has 6 heteroatoms. The van der Waals surface area contributed by atoms with E-state index in [-0.39, 0.29) is 11.7 Å². The van der Waals surface area contributed by atoms with Gasteiger partial charge in [-0.3, -0.25) is 9.78 Å². The Bertz CT molecular complexity index is 664. The number of hydrogen-bond acceptors (Lipinski definition) is 4. The van der Waals surface area contributed by atoms with Gasteiger partial charge in [0.15, 0.2) is 5.84 Å². The van der Waals surface area contributed by atoms with Gasteiger partial charge in [-0.2, -0.15) is 0 Å². The van der Waals surface area contributed by atoms with E-state index in [1.54, 1.807) is 6.20 Å². The molecule has 0 radical (unpaired) electrons. The van der Waals surface area contributed by atoms with Crippen molar-refractivity contribution in [2.24, 2.45) is 10.9 Å². The number of carbonyl (C=O) groups excluding carboxylic acids is 1. The molecule has 4 N–H and O–H groups in total. The Morgan fingerprint density at radius 3 is 2.90 bits per heavy atom. The summed E-state index contributed by atoms with van der Waals surface area (Å²) >= 11 is 0. The molecule has 1 aromatic heterocycles. The van der Waals surface area contributed by atoms with Gasteiger partial charge in [-0.25, -0.2) is 0 Å². The van der Waals surface area contributed by atoms with E-state index in [9.17, 15) is 4.79 Å². The number of oxime groups is 1. The van der Waals surface area contributed by atoms with E-state index < -0.39 is 6.04 Å². The number of aromatic nitrogens is 1. The van der Waals surface area contributed by atoms with Gasteiger partial charge in [-0.15, -0.1) is 0 Å². The van der Waals surface area contributed by atoms with Crippen molar-refractivity contribution in [1.29, 1.82) is 0 Å². The lowest BCUT2D eigenvalue weighted by Gasteiger charge is -2.16. The fourth-order valence-electron chi connectivity index (χ4n) is 2.18. The first kappa shape index (κ1) is 14.8. The third-order valence-corrected chi connectivity index (χ3v) is 3.24. The van der Waals surface area contributed by atoms with Gasteiger partial charge in [0.05, 0.1) is 6.04 Å². The van der Waals surface area contributed by atoms with Crippen LogP contribution in [-0.4, -0.2) is 28.0 Å². The average Bonchev–Trinajstić information content (AvgIpc) is 2.53. The first-order chi connectivity index (χ1) is 10.2. The molecule has 1 aromatic carbocycles. The van der Waals surface area contributed by atoms with Crippen molar-refractivity contribution in [3.63, 3.8) is 0 Å². The fraction of sp³-hybridized carbons (Fsp3) is 0.267. The van der Waals surface area contributed by atoms with Crippen LogP contribution in [0.4, 0.5) is 0 Å². The fourth-order valence-corrected chi connectivity index (χ4v) is 2.18. The molecule has 0 spiro atoms. The van der Waals surface area contributed by atoms with Gasteiger partial charge in [-0.05, 0) is 17.9 Å². The molecule has 0 aliphatic rings. The average molecular weight is 286 g/mol. The zero-order chi connectivity index (χ0) is 15.2. The first-order valence-electron chi connectivity index (χ1n) is 6.79. The van der Waals surface area contributed by atoms with Gasteiger partial charge >= 0.3 is 0 Å². The number of benzene rings is 1. The Morgan fingerprint density at radius 1 is 1.43 bits per heavy atom. The minimum Gasteiger partial charge on any atom is -0.409 e.